The molecule has 1 saturated heterocycles. The van der Waals surface area contributed by atoms with Crippen LogP contribution in [0.15, 0.2) is 24.3 Å². The Kier molecular flexibility index (Phi) is 4.27. The van der Waals surface area contributed by atoms with E-state index in [0.717, 1.165) is 22.0 Å². The molecule has 1 N–H and O–H groups in total. The van der Waals surface area contributed by atoms with Gasteiger partial charge in [-0.25, -0.2) is 0 Å². The van der Waals surface area contributed by atoms with Crippen molar-refractivity contribution in [3.8, 4) is 0 Å². The van der Waals surface area contributed by atoms with Gasteiger partial charge in [-0.3, -0.25) is 4.79 Å². The van der Waals surface area contributed by atoms with Crippen molar-refractivity contribution in [3.05, 3.63) is 33.4 Å². The molecule has 1 unspecified atom stereocenters. The number of halogens is 1. The van der Waals surface area contributed by atoms with E-state index in [1.807, 2.05) is 24.3 Å². The second kappa shape index (κ2) is 5.57. The molecule has 18 heavy (non-hydrogen) atoms. The molecule has 1 heterocycles. The number of benzene rings is 1. The summed E-state index contributed by atoms with van der Waals surface area (Å²) in [6, 6.07) is 7.85. The summed E-state index contributed by atoms with van der Waals surface area (Å²) in [5, 5.41) is 3.11. The van der Waals surface area contributed by atoms with Crippen molar-refractivity contribution in [2.75, 3.05) is 6.61 Å². The van der Waals surface area contributed by atoms with Crippen LogP contribution >= 0.6 is 22.6 Å². The number of hydrogen-bond acceptors (Lipinski definition) is 2. The van der Waals surface area contributed by atoms with Gasteiger partial charge < -0.3 is 10.1 Å². The number of amides is 1. The highest BCUT2D eigenvalue weighted by atomic mass is 127. The quantitative estimate of drug-likeness (QED) is 0.825. The van der Waals surface area contributed by atoms with Crippen molar-refractivity contribution in [2.45, 2.75) is 38.3 Å². The standard InChI is InChI=1S/C14H18INO2/c1-14(2)9-10(7-8-18-14)16-13(17)11-5-3-4-6-12(11)15/h3-6,10H,7-9H2,1-2H3,(H,16,17). The molecular formula is C14H18INO2. The van der Waals surface area contributed by atoms with E-state index >= 15 is 0 Å². The number of rotatable bonds is 2. The SMILES string of the molecule is CC1(C)CC(NC(=O)c2ccccc2I)CCO1. The highest BCUT2D eigenvalue weighted by Gasteiger charge is 2.29. The minimum atomic E-state index is -0.139. The summed E-state index contributed by atoms with van der Waals surface area (Å²) in [5.74, 6) is 0.0164. The van der Waals surface area contributed by atoms with E-state index in [4.69, 9.17) is 4.74 Å². The number of nitrogens with one attached hydrogen (secondary N) is 1. The first-order valence-electron chi connectivity index (χ1n) is 6.17. The molecule has 1 aromatic carbocycles. The summed E-state index contributed by atoms with van der Waals surface area (Å²) in [6.07, 6.45) is 1.75. The van der Waals surface area contributed by atoms with Crippen LogP contribution in [-0.4, -0.2) is 24.2 Å². The number of ether oxygens (including phenoxy) is 1. The Bertz CT molecular complexity index is 445. The number of carbonyl (C=O) groups excluding carboxylic acids is 1. The minimum absolute atomic E-state index is 0.0164. The van der Waals surface area contributed by atoms with E-state index < -0.39 is 0 Å². The van der Waals surface area contributed by atoms with Gasteiger partial charge in [-0.1, -0.05) is 12.1 Å². The van der Waals surface area contributed by atoms with Gasteiger partial charge in [0.15, 0.2) is 0 Å². The van der Waals surface area contributed by atoms with Crippen LogP contribution in [0.3, 0.4) is 0 Å². The van der Waals surface area contributed by atoms with Crippen molar-refractivity contribution in [1.29, 1.82) is 0 Å². The molecule has 3 nitrogen and oxygen atoms in total. The van der Waals surface area contributed by atoms with Gasteiger partial charge in [0.25, 0.3) is 5.91 Å². The maximum absolute atomic E-state index is 12.2. The lowest BCUT2D eigenvalue weighted by molar-refractivity contribution is -0.0615. The van der Waals surface area contributed by atoms with Gasteiger partial charge in [0.1, 0.15) is 0 Å². The van der Waals surface area contributed by atoms with Crippen LogP contribution in [0, 0.1) is 3.57 Å². The summed E-state index contributed by atoms with van der Waals surface area (Å²) in [7, 11) is 0. The van der Waals surface area contributed by atoms with Crippen molar-refractivity contribution >= 4 is 28.5 Å². The fourth-order valence-corrected chi connectivity index (χ4v) is 2.90. The Labute approximate surface area is 121 Å². The monoisotopic (exact) mass is 359 g/mol. The topological polar surface area (TPSA) is 38.3 Å². The zero-order valence-electron chi connectivity index (χ0n) is 10.7. The third-order valence-electron chi connectivity index (χ3n) is 3.15. The Morgan fingerprint density at radius 1 is 1.44 bits per heavy atom. The van der Waals surface area contributed by atoms with Crippen LogP contribution in [-0.2, 0) is 4.74 Å². The second-order valence-electron chi connectivity index (χ2n) is 5.25. The van der Waals surface area contributed by atoms with Crippen molar-refractivity contribution < 1.29 is 9.53 Å². The smallest absolute Gasteiger partial charge is 0.252 e. The second-order valence-corrected chi connectivity index (χ2v) is 6.41. The normalized spacial score (nSPS) is 22.5. The lowest BCUT2D eigenvalue weighted by Crippen LogP contribution is -2.45. The van der Waals surface area contributed by atoms with E-state index in [-0.39, 0.29) is 17.6 Å². The highest BCUT2D eigenvalue weighted by Crippen LogP contribution is 2.24. The fraction of sp³-hybridized carbons (Fsp3) is 0.500. The molecule has 98 valence electrons. The Morgan fingerprint density at radius 3 is 2.83 bits per heavy atom. The Balaban J connectivity index is 2.02. The van der Waals surface area contributed by atoms with Gasteiger partial charge >= 0.3 is 0 Å². The van der Waals surface area contributed by atoms with Crippen molar-refractivity contribution in [3.63, 3.8) is 0 Å². The fourth-order valence-electron chi connectivity index (χ4n) is 2.26. The molecule has 1 amide bonds. The molecule has 0 radical (unpaired) electrons. The van der Waals surface area contributed by atoms with Gasteiger partial charge in [0.05, 0.1) is 11.2 Å². The molecule has 1 fully saturated rings. The molecule has 1 aromatic rings. The van der Waals surface area contributed by atoms with Crippen LogP contribution in [0.1, 0.15) is 37.0 Å². The molecule has 1 aliphatic heterocycles. The molecule has 0 aliphatic carbocycles. The van der Waals surface area contributed by atoms with Gasteiger partial charge in [0.2, 0.25) is 0 Å². The summed E-state index contributed by atoms with van der Waals surface area (Å²) >= 11 is 2.19. The minimum Gasteiger partial charge on any atom is -0.375 e. The van der Waals surface area contributed by atoms with Crippen LogP contribution < -0.4 is 5.32 Å². The molecule has 4 heteroatoms. The summed E-state index contributed by atoms with van der Waals surface area (Å²) in [5.41, 5.74) is 0.613. The number of carbonyl (C=O) groups is 1. The van der Waals surface area contributed by atoms with Crippen molar-refractivity contribution in [2.24, 2.45) is 0 Å². The summed E-state index contributed by atoms with van der Waals surface area (Å²) in [4.78, 5) is 12.2. The first-order chi connectivity index (χ1) is 8.48. The van der Waals surface area contributed by atoms with Gasteiger partial charge in [-0.05, 0) is 61.4 Å². The number of hydrogen-bond donors (Lipinski definition) is 1. The molecule has 0 saturated carbocycles. The predicted molar refractivity (Wildman–Crippen MR) is 79.7 cm³/mol. The van der Waals surface area contributed by atoms with E-state index in [0.29, 0.717) is 6.61 Å². The molecule has 1 atom stereocenters. The van der Waals surface area contributed by atoms with Gasteiger partial charge in [-0.2, -0.15) is 0 Å². The van der Waals surface area contributed by atoms with E-state index in [1.54, 1.807) is 0 Å². The van der Waals surface area contributed by atoms with Gasteiger partial charge in [0, 0.05) is 16.2 Å². The van der Waals surface area contributed by atoms with Crippen molar-refractivity contribution in [1.82, 2.24) is 5.32 Å². The lowest BCUT2D eigenvalue weighted by Gasteiger charge is -2.35. The molecule has 0 aromatic heterocycles. The van der Waals surface area contributed by atoms with Crippen LogP contribution in [0.2, 0.25) is 0 Å². The molecule has 0 spiro atoms. The third-order valence-corrected chi connectivity index (χ3v) is 4.09. The highest BCUT2D eigenvalue weighted by molar-refractivity contribution is 14.1. The van der Waals surface area contributed by atoms with E-state index in [2.05, 4.69) is 41.8 Å². The molecule has 1 aliphatic rings. The zero-order chi connectivity index (χ0) is 13.2. The van der Waals surface area contributed by atoms with E-state index in [9.17, 15) is 4.79 Å². The summed E-state index contributed by atoms with van der Waals surface area (Å²) < 4.78 is 6.64. The largest absolute Gasteiger partial charge is 0.375 e. The molecule has 2 rings (SSSR count). The maximum Gasteiger partial charge on any atom is 0.252 e. The lowest BCUT2D eigenvalue weighted by atomic mass is 9.94. The summed E-state index contributed by atoms with van der Waals surface area (Å²) in [6.45, 7) is 4.85. The Morgan fingerprint density at radius 2 is 2.17 bits per heavy atom. The average Bonchev–Trinajstić information content (AvgIpc) is 2.28. The predicted octanol–water partition coefficient (Wildman–Crippen LogP) is 2.98. The first-order valence-corrected chi connectivity index (χ1v) is 7.25. The first kappa shape index (κ1) is 13.8. The van der Waals surface area contributed by atoms with E-state index in [1.165, 1.54) is 0 Å². The van der Waals surface area contributed by atoms with Crippen LogP contribution in [0.4, 0.5) is 0 Å². The van der Waals surface area contributed by atoms with Crippen LogP contribution in [0.25, 0.3) is 0 Å². The van der Waals surface area contributed by atoms with Crippen LogP contribution in [0.5, 0.6) is 0 Å². The maximum atomic E-state index is 12.2. The van der Waals surface area contributed by atoms with Gasteiger partial charge in [-0.15, -0.1) is 0 Å². The average molecular weight is 359 g/mol. The zero-order valence-corrected chi connectivity index (χ0v) is 12.9. The molecular weight excluding hydrogens is 341 g/mol. The molecule has 0 bridgehead atoms. The Hall–Kier alpha value is -0.620. The third kappa shape index (κ3) is 3.45.